The molecule has 174 valence electrons. The molecule has 2 atom stereocenters. The Morgan fingerprint density at radius 1 is 1.03 bits per heavy atom. The van der Waals surface area contributed by atoms with Gasteiger partial charge in [-0.05, 0) is 69.6 Å². The lowest BCUT2D eigenvalue weighted by atomic mass is 10.1. The number of nitrogens with zero attached hydrogens (tertiary/aromatic N) is 4. The van der Waals surface area contributed by atoms with Gasteiger partial charge in [0.2, 0.25) is 5.91 Å². The van der Waals surface area contributed by atoms with Gasteiger partial charge < -0.3 is 5.32 Å². The van der Waals surface area contributed by atoms with Gasteiger partial charge in [-0.2, -0.15) is 0 Å². The van der Waals surface area contributed by atoms with Crippen molar-refractivity contribution in [3.8, 4) is 5.69 Å². The Morgan fingerprint density at radius 3 is 2.42 bits per heavy atom. The fourth-order valence-corrected chi connectivity index (χ4v) is 4.97. The van der Waals surface area contributed by atoms with Crippen LogP contribution in [0.1, 0.15) is 50.5 Å². The van der Waals surface area contributed by atoms with Crippen LogP contribution in [-0.4, -0.2) is 43.9 Å². The number of piperidine rings is 1. The van der Waals surface area contributed by atoms with E-state index in [2.05, 4.69) is 27.3 Å². The van der Waals surface area contributed by atoms with Crippen LogP contribution in [-0.2, 0) is 11.3 Å². The maximum Gasteiger partial charge on any atom is 0.233 e. The molecule has 1 aromatic heterocycles. The lowest BCUT2D eigenvalue weighted by Crippen LogP contribution is -2.33. The van der Waals surface area contributed by atoms with Gasteiger partial charge in [-0.15, -0.1) is 10.2 Å². The van der Waals surface area contributed by atoms with Crippen molar-refractivity contribution in [2.45, 2.75) is 56.1 Å². The summed E-state index contributed by atoms with van der Waals surface area (Å²) in [4.78, 5) is 15.2. The molecule has 1 saturated heterocycles. The zero-order valence-corrected chi connectivity index (χ0v) is 19.9. The number of benzene rings is 2. The standard InChI is InChI=1S/C25H30FN5OS/c1-18(30-15-7-4-8-16-30)23-28-29-25(31(23)22-13-11-21(26)12-14-22)33-19(2)24(32)27-17-20-9-5-3-6-10-20/h3,5-6,9-14,18-19H,4,7-8,15-17H2,1-2H3,(H,27,32)/t18-,19-/m1/s1. The Hall–Kier alpha value is -2.71. The smallest absolute Gasteiger partial charge is 0.233 e. The number of likely N-dealkylation sites (tertiary alicyclic amines) is 1. The number of hydrogen-bond donors (Lipinski definition) is 1. The van der Waals surface area contributed by atoms with E-state index in [9.17, 15) is 9.18 Å². The summed E-state index contributed by atoms with van der Waals surface area (Å²) in [5.74, 6) is 0.450. The molecule has 0 bridgehead atoms. The Balaban J connectivity index is 1.54. The van der Waals surface area contributed by atoms with E-state index in [-0.39, 0.29) is 23.0 Å². The lowest BCUT2D eigenvalue weighted by molar-refractivity contribution is -0.120. The van der Waals surface area contributed by atoms with Crippen molar-refractivity contribution < 1.29 is 9.18 Å². The Labute approximate surface area is 198 Å². The molecular weight excluding hydrogens is 437 g/mol. The molecule has 1 fully saturated rings. The summed E-state index contributed by atoms with van der Waals surface area (Å²) in [5.41, 5.74) is 1.84. The van der Waals surface area contributed by atoms with E-state index in [0.29, 0.717) is 11.7 Å². The number of amides is 1. The molecular formula is C25H30FN5OS. The first kappa shape index (κ1) is 23.4. The number of hydrogen-bond acceptors (Lipinski definition) is 5. The van der Waals surface area contributed by atoms with Crippen LogP contribution in [0.4, 0.5) is 4.39 Å². The number of carbonyl (C=O) groups is 1. The van der Waals surface area contributed by atoms with Crippen molar-refractivity contribution in [3.05, 3.63) is 71.8 Å². The second kappa shape index (κ2) is 10.9. The van der Waals surface area contributed by atoms with E-state index in [0.717, 1.165) is 30.2 Å². The molecule has 0 saturated carbocycles. The first-order valence-corrected chi connectivity index (χ1v) is 12.3. The summed E-state index contributed by atoms with van der Waals surface area (Å²) in [5, 5.41) is 12.2. The molecule has 6 nitrogen and oxygen atoms in total. The van der Waals surface area contributed by atoms with E-state index < -0.39 is 0 Å². The minimum absolute atomic E-state index is 0.0665. The van der Waals surface area contributed by atoms with Gasteiger partial charge in [-0.3, -0.25) is 14.3 Å². The van der Waals surface area contributed by atoms with E-state index in [4.69, 9.17) is 0 Å². The molecule has 0 radical (unpaired) electrons. The Bertz CT molecular complexity index is 1050. The zero-order chi connectivity index (χ0) is 23.2. The van der Waals surface area contributed by atoms with Gasteiger partial charge in [0.05, 0.1) is 11.3 Å². The minimum atomic E-state index is -0.366. The van der Waals surface area contributed by atoms with Crippen LogP contribution in [0.5, 0.6) is 0 Å². The number of rotatable bonds is 8. The van der Waals surface area contributed by atoms with E-state index in [1.807, 2.05) is 41.8 Å². The molecule has 0 unspecified atom stereocenters. The van der Waals surface area contributed by atoms with E-state index in [1.165, 1.54) is 43.2 Å². The molecule has 3 aromatic rings. The van der Waals surface area contributed by atoms with Crippen molar-refractivity contribution in [1.82, 2.24) is 25.0 Å². The Morgan fingerprint density at radius 2 is 1.73 bits per heavy atom. The van der Waals surface area contributed by atoms with Gasteiger partial charge in [0.1, 0.15) is 5.82 Å². The first-order chi connectivity index (χ1) is 16.0. The fraction of sp³-hybridized carbons (Fsp3) is 0.400. The topological polar surface area (TPSA) is 63.1 Å². The van der Waals surface area contributed by atoms with E-state index >= 15 is 0 Å². The summed E-state index contributed by atoms with van der Waals surface area (Å²) in [6.45, 7) is 6.53. The monoisotopic (exact) mass is 467 g/mol. The molecule has 1 amide bonds. The van der Waals surface area contributed by atoms with Crippen LogP contribution in [0.25, 0.3) is 5.69 Å². The predicted octanol–water partition coefficient (Wildman–Crippen LogP) is 4.75. The quantitative estimate of drug-likeness (QED) is 0.485. The third-order valence-corrected chi connectivity index (χ3v) is 7.06. The van der Waals surface area contributed by atoms with Crippen LogP contribution < -0.4 is 5.32 Å². The van der Waals surface area contributed by atoms with Crippen molar-refractivity contribution in [2.24, 2.45) is 0 Å². The van der Waals surface area contributed by atoms with Crippen LogP contribution in [0.15, 0.2) is 59.8 Å². The lowest BCUT2D eigenvalue weighted by Gasteiger charge is -2.32. The largest absolute Gasteiger partial charge is 0.351 e. The highest BCUT2D eigenvalue weighted by Crippen LogP contribution is 2.31. The summed E-state index contributed by atoms with van der Waals surface area (Å²) in [6, 6.07) is 16.2. The zero-order valence-electron chi connectivity index (χ0n) is 19.1. The molecule has 1 aliphatic heterocycles. The summed E-state index contributed by atoms with van der Waals surface area (Å²) >= 11 is 1.36. The van der Waals surface area contributed by atoms with Gasteiger partial charge in [0, 0.05) is 12.2 Å². The summed E-state index contributed by atoms with van der Waals surface area (Å²) in [7, 11) is 0. The number of halogens is 1. The SMILES string of the molecule is C[C@H](c1nnc(S[C@H](C)C(=O)NCc2ccccc2)n1-c1ccc(F)cc1)N1CCCCC1. The third kappa shape index (κ3) is 5.81. The van der Waals surface area contributed by atoms with Gasteiger partial charge >= 0.3 is 0 Å². The minimum Gasteiger partial charge on any atom is -0.351 e. The highest BCUT2D eigenvalue weighted by Gasteiger charge is 2.27. The molecule has 33 heavy (non-hydrogen) atoms. The highest BCUT2D eigenvalue weighted by atomic mass is 32.2. The Kier molecular flexibility index (Phi) is 7.77. The van der Waals surface area contributed by atoms with Crippen molar-refractivity contribution in [1.29, 1.82) is 0 Å². The van der Waals surface area contributed by atoms with Gasteiger partial charge in [-0.25, -0.2) is 4.39 Å². The summed E-state index contributed by atoms with van der Waals surface area (Å²) < 4.78 is 15.6. The second-order valence-corrected chi connectivity index (χ2v) is 9.70. The normalized spacial score (nSPS) is 16.3. The molecule has 2 aromatic carbocycles. The molecule has 1 N–H and O–H groups in total. The average Bonchev–Trinajstić information content (AvgIpc) is 3.27. The second-order valence-electron chi connectivity index (χ2n) is 8.39. The number of aromatic nitrogens is 3. The molecule has 0 spiro atoms. The highest BCUT2D eigenvalue weighted by molar-refractivity contribution is 8.00. The van der Waals surface area contributed by atoms with Gasteiger partial charge in [0.15, 0.2) is 11.0 Å². The molecule has 8 heteroatoms. The van der Waals surface area contributed by atoms with Crippen LogP contribution in [0, 0.1) is 5.82 Å². The van der Waals surface area contributed by atoms with Gasteiger partial charge in [-0.1, -0.05) is 48.5 Å². The molecule has 2 heterocycles. The maximum atomic E-state index is 13.6. The molecule has 4 rings (SSSR count). The van der Waals surface area contributed by atoms with Crippen molar-refractivity contribution in [3.63, 3.8) is 0 Å². The van der Waals surface area contributed by atoms with Crippen LogP contribution in [0.2, 0.25) is 0 Å². The van der Waals surface area contributed by atoms with Gasteiger partial charge in [0.25, 0.3) is 0 Å². The maximum absolute atomic E-state index is 13.6. The fourth-order valence-electron chi connectivity index (χ4n) is 4.07. The number of carbonyl (C=O) groups excluding carboxylic acids is 1. The molecule has 0 aliphatic carbocycles. The molecule has 1 aliphatic rings. The first-order valence-electron chi connectivity index (χ1n) is 11.5. The number of thioether (sulfide) groups is 1. The summed E-state index contributed by atoms with van der Waals surface area (Å²) in [6.07, 6.45) is 3.61. The van der Waals surface area contributed by atoms with Crippen molar-refractivity contribution in [2.75, 3.05) is 13.1 Å². The van der Waals surface area contributed by atoms with E-state index in [1.54, 1.807) is 12.1 Å². The third-order valence-electron chi connectivity index (χ3n) is 6.02. The average molecular weight is 468 g/mol. The number of nitrogens with one attached hydrogen (secondary N) is 1. The van der Waals surface area contributed by atoms with Crippen LogP contribution >= 0.6 is 11.8 Å². The van der Waals surface area contributed by atoms with Crippen molar-refractivity contribution >= 4 is 17.7 Å². The van der Waals surface area contributed by atoms with Crippen LogP contribution in [0.3, 0.4) is 0 Å². The predicted molar refractivity (Wildman–Crippen MR) is 129 cm³/mol.